The fourth-order valence-electron chi connectivity index (χ4n) is 3.34. The van der Waals surface area contributed by atoms with E-state index in [0.717, 1.165) is 17.0 Å². The van der Waals surface area contributed by atoms with Crippen molar-refractivity contribution in [3.05, 3.63) is 59.9 Å². The molecule has 0 aromatic heterocycles. The number of thioether (sulfide) groups is 1. The Morgan fingerprint density at radius 1 is 1.26 bits per heavy atom. The molecule has 1 amide bonds. The maximum Gasteiger partial charge on any atom is 0.237 e. The third-order valence-corrected chi connectivity index (χ3v) is 5.80. The van der Waals surface area contributed by atoms with Crippen LogP contribution >= 0.6 is 11.8 Å². The van der Waals surface area contributed by atoms with Gasteiger partial charge in [-0.15, -0.1) is 11.8 Å². The minimum atomic E-state index is -0.249. The molecule has 2 aromatic rings. The number of nitrogens with zero attached hydrogens (tertiary/aromatic N) is 1. The summed E-state index contributed by atoms with van der Waals surface area (Å²) in [6.45, 7) is 5.14. The van der Waals surface area contributed by atoms with Gasteiger partial charge in [-0.1, -0.05) is 18.2 Å². The van der Waals surface area contributed by atoms with Crippen molar-refractivity contribution in [2.45, 2.75) is 49.0 Å². The van der Waals surface area contributed by atoms with E-state index in [2.05, 4.69) is 10.2 Å². The molecule has 1 aliphatic rings. The molecule has 0 bridgehead atoms. The van der Waals surface area contributed by atoms with Gasteiger partial charge in [0.05, 0.1) is 6.04 Å². The number of hydrogen-bond acceptors (Lipinski definition) is 4. The number of para-hydroxylation sites is 1. The maximum atomic E-state index is 13.1. The minimum Gasteiger partial charge on any atom is -0.508 e. The van der Waals surface area contributed by atoms with E-state index in [1.165, 1.54) is 12.1 Å². The molecular weight excluding hydrogens is 363 g/mol. The molecule has 0 unspecified atom stereocenters. The van der Waals surface area contributed by atoms with Gasteiger partial charge in [0.25, 0.3) is 0 Å². The number of rotatable bonds is 6. The van der Waals surface area contributed by atoms with Crippen molar-refractivity contribution in [3.63, 3.8) is 0 Å². The second-order valence-corrected chi connectivity index (χ2v) is 8.54. The predicted octanol–water partition coefficient (Wildman–Crippen LogP) is 3.79. The SMILES string of the molecule is CC(C)NC(=O)[C@@H]1C[C@@H](Sc2ccc(F)cc2)CN1Cc1ccccc1O. The van der Waals surface area contributed by atoms with E-state index in [1.54, 1.807) is 36.0 Å². The van der Waals surface area contributed by atoms with E-state index in [4.69, 9.17) is 0 Å². The highest BCUT2D eigenvalue weighted by Crippen LogP contribution is 2.34. The van der Waals surface area contributed by atoms with Crippen LogP contribution < -0.4 is 5.32 Å². The lowest BCUT2D eigenvalue weighted by Gasteiger charge is -2.24. The van der Waals surface area contributed by atoms with Crippen LogP contribution in [0.2, 0.25) is 0 Å². The van der Waals surface area contributed by atoms with Gasteiger partial charge in [-0.3, -0.25) is 9.69 Å². The van der Waals surface area contributed by atoms with Gasteiger partial charge >= 0.3 is 0 Å². The number of likely N-dealkylation sites (tertiary alicyclic amines) is 1. The van der Waals surface area contributed by atoms with Crippen molar-refractivity contribution >= 4 is 17.7 Å². The van der Waals surface area contributed by atoms with Crippen LogP contribution in [0, 0.1) is 5.82 Å². The number of benzene rings is 2. The molecule has 27 heavy (non-hydrogen) atoms. The standard InChI is InChI=1S/C21H25FN2O2S/c1-14(2)23-21(26)19-11-18(27-17-9-7-16(22)8-10-17)13-24(19)12-15-5-3-4-6-20(15)25/h3-10,14,18-19,25H,11-13H2,1-2H3,(H,23,26)/t18-,19+/m1/s1. The molecule has 1 saturated heterocycles. The molecular formula is C21H25FN2O2S. The first-order valence-electron chi connectivity index (χ1n) is 9.16. The van der Waals surface area contributed by atoms with Crippen LogP contribution in [-0.4, -0.2) is 39.8 Å². The van der Waals surface area contributed by atoms with E-state index < -0.39 is 0 Å². The van der Waals surface area contributed by atoms with Gasteiger partial charge in [0.2, 0.25) is 5.91 Å². The Balaban J connectivity index is 1.74. The first-order valence-corrected chi connectivity index (χ1v) is 10.0. The topological polar surface area (TPSA) is 52.6 Å². The van der Waals surface area contributed by atoms with Crippen molar-refractivity contribution in [2.75, 3.05) is 6.54 Å². The van der Waals surface area contributed by atoms with Crippen molar-refractivity contribution in [2.24, 2.45) is 0 Å². The lowest BCUT2D eigenvalue weighted by Crippen LogP contribution is -2.45. The summed E-state index contributed by atoms with van der Waals surface area (Å²) in [5.74, 6) is 0.0129. The van der Waals surface area contributed by atoms with Gasteiger partial charge in [-0.2, -0.15) is 0 Å². The average molecular weight is 389 g/mol. The van der Waals surface area contributed by atoms with Crippen LogP contribution in [0.1, 0.15) is 25.8 Å². The fourth-order valence-corrected chi connectivity index (χ4v) is 4.57. The van der Waals surface area contributed by atoms with Crippen LogP contribution in [0.5, 0.6) is 5.75 Å². The summed E-state index contributed by atoms with van der Waals surface area (Å²) in [7, 11) is 0. The Bertz CT molecular complexity index is 782. The molecule has 1 aliphatic heterocycles. The van der Waals surface area contributed by atoms with E-state index in [1.807, 2.05) is 26.0 Å². The van der Waals surface area contributed by atoms with Gasteiger partial charge in [0, 0.05) is 34.8 Å². The highest BCUT2D eigenvalue weighted by atomic mass is 32.2. The number of amides is 1. The highest BCUT2D eigenvalue weighted by molar-refractivity contribution is 8.00. The van der Waals surface area contributed by atoms with Gasteiger partial charge in [0.1, 0.15) is 11.6 Å². The number of carbonyl (C=O) groups is 1. The number of carbonyl (C=O) groups excluding carboxylic acids is 1. The molecule has 2 atom stereocenters. The zero-order chi connectivity index (χ0) is 19.4. The Hall–Kier alpha value is -2.05. The monoisotopic (exact) mass is 388 g/mol. The summed E-state index contributed by atoms with van der Waals surface area (Å²) in [6, 6.07) is 13.5. The molecule has 1 heterocycles. The summed E-state index contributed by atoms with van der Waals surface area (Å²) < 4.78 is 13.1. The van der Waals surface area contributed by atoms with E-state index >= 15 is 0 Å². The van der Waals surface area contributed by atoms with E-state index in [9.17, 15) is 14.3 Å². The Kier molecular flexibility index (Phi) is 6.39. The summed E-state index contributed by atoms with van der Waals surface area (Å²) >= 11 is 1.67. The average Bonchev–Trinajstić information content (AvgIpc) is 3.01. The number of phenols is 1. The second kappa shape index (κ2) is 8.76. The number of nitrogens with one attached hydrogen (secondary N) is 1. The molecule has 4 nitrogen and oxygen atoms in total. The van der Waals surface area contributed by atoms with Crippen LogP contribution in [0.3, 0.4) is 0 Å². The van der Waals surface area contributed by atoms with Gasteiger partial charge < -0.3 is 10.4 Å². The highest BCUT2D eigenvalue weighted by Gasteiger charge is 2.37. The lowest BCUT2D eigenvalue weighted by atomic mass is 10.1. The number of halogens is 1. The number of hydrogen-bond donors (Lipinski definition) is 2. The summed E-state index contributed by atoms with van der Waals surface area (Å²) in [5.41, 5.74) is 0.812. The Labute approximate surface area is 163 Å². The Morgan fingerprint density at radius 3 is 2.63 bits per heavy atom. The summed E-state index contributed by atoms with van der Waals surface area (Å²) in [4.78, 5) is 15.8. The second-order valence-electron chi connectivity index (χ2n) is 7.17. The van der Waals surface area contributed by atoms with Crippen molar-refractivity contribution < 1.29 is 14.3 Å². The lowest BCUT2D eigenvalue weighted by molar-refractivity contribution is -0.126. The smallest absolute Gasteiger partial charge is 0.237 e. The van der Waals surface area contributed by atoms with Crippen LogP contribution in [0.25, 0.3) is 0 Å². The summed E-state index contributed by atoms with van der Waals surface area (Å²) in [5, 5.41) is 13.3. The molecule has 0 radical (unpaired) electrons. The van der Waals surface area contributed by atoms with Crippen molar-refractivity contribution in [1.82, 2.24) is 10.2 Å². The normalized spacial score (nSPS) is 20.1. The van der Waals surface area contributed by atoms with E-state index in [0.29, 0.717) is 13.0 Å². The number of phenolic OH excluding ortho intramolecular Hbond substituents is 1. The largest absolute Gasteiger partial charge is 0.508 e. The maximum absolute atomic E-state index is 13.1. The van der Waals surface area contributed by atoms with Crippen molar-refractivity contribution in [3.8, 4) is 5.75 Å². The van der Waals surface area contributed by atoms with Crippen LogP contribution in [-0.2, 0) is 11.3 Å². The zero-order valence-electron chi connectivity index (χ0n) is 15.6. The summed E-state index contributed by atoms with van der Waals surface area (Å²) in [6.07, 6.45) is 0.716. The van der Waals surface area contributed by atoms with E-state index in [-0.39, 0.29) is 34.8 Å². The van der Waals surface area contributed by atoms with Crippen LogP contribution in [0.4, 0.5) is 4.39 Å². The molecule has 0 spiro atoms. The molecule has 0 saturated carbocycles. The molecule has 2 N–H and O–H groups in total. The predicted molar refractivity (Wildman–Crippen MR) is 106 cm³/mol. The fraction of sp³-hybridized carbons (Fsp3) is 0.381. The third kappa shape index (κ3) is 5.23. The van der Waals surface area contributed by atoms with Gasteiger partial charge in [0.15, 0.2) is 0 Å². The van der Waals surface area contributed by atoms with Gasteiger partial charge in [-0.05, 0) is 50.6 Å². The van der Waals surface area contributed by atoms with Crippen LogP contribution in [0.15, 0.2) is 53.4 Å². The quantitative estimate of drug-likeness (QED) is 0.791. The Morgan fingerprint density at radius 2 is 1.96 bits per heavy atom. The number of aromatic hydroxyl groups is 1. The zero-order valence-corrected chi connectivity index (χ0v) is 16.4. The molecule has 1 fully saturated rings. The third-order valence-electron chi connectivity index (χ3n) is 4.58. The molecule has 3 rings (SSSR count). The first kappa shape index (κ1) is 19.7. The van der Waals surface area contributed by atoms with Gasteiger partial charge in [-0.25, -0.2) is 4.39 Å². The molecule has 6 heteroatoms. The minimum absolute atomic E-state index is 0.0163. The first-order chi connectivity index (χ1) is 12.9. The van der Waals surface area contributed by atoms with Crippen molar-refractivity contribution in [1.29, 1.82) is 0 Å². The molecule has 2 aromatic carbocycles. The molecule has 0 aliphatic carbocycles. The molecule has 144 valence electrons.